The number of hydrogen-bond acceptors (Lipinski definition) is 8. The molecular formula is C6H6N6OS2. The number of aromatic nitrogens is 4. The van der Waals surface area contributed by atoms with E-state index in [0.29, 0.717) is 17.4 Å². The maximum absolute atomic E-state index is 11.5. The van der Waals surface area contributed by atoms with Gasteiger partial charge in [0.05, 0.1) is 0 Å². The van der Waals surface area contributed by atoms with Gasteiger partial charge in [0.1, 0.15) is 10.7 Å². The minimum Gasteiger partial charge on any atom is -0.325 e. The molecule has 0 atom stereocenters. The molecule has 0 aliphatic carbocycles. The third-order valence-electron chi connectivity index (χ3n) is 1.48. The maximum Gasteiger partial charge on any atom is 0.277 e. The highest BCUT2D eigenvalue weighted by atomic mass is 32.1. The molecule has 15 heavy (non-hydrogen) atoms. The van der Waals surface area contributed by atoms with Gasteiger partial charge in [-0.25, -0.2) is 4.98 Å². The molecule has 0 unspecified atom stereocenters. The fourth-order valence-corrected chi connectivity index (χ4v) is 1.87. The fourth-order valence-electron chi connectivity index (χ4n) is 0.852. The van der Waals surface area contributed by atoms with E-state index in [1.54, 1.807) is 5.38 Å². The van der Waals surface area contributed by atoms with Crippen molar-refractivity contribution in [1.82, 2.24) is 19.8 Å². The number of rotatable bonds is 3. The van der Waals surface area contributed by atoms with Gasteiger partial charge in [-0.3, -0.25) is 10.1 Å². The smallest absolute Gasteiger partial charge is 0.277 e. The molecule has 78 valence electrons. The Kier molecular flexibility index (Phi) is 2.94. The first-order chi connectivity index (χ1) is 7.29. The van der Waals surface area contributed by atoms with Crippen LogP contribution in [0.5, 0.6) is 0 Å². The third-order valence-corrected chi connectivity index (χ3v) is 2.86. The molecule has 0 saturated heterocycles. The lowest BCUT2D eigenvalue weighted by Crippen LogP contribution is -2.12. The van der Waals surface area contributed by atoms with Crippen LogP contribution in [-0.2, 0) is 6.54 Å². The van der Waals surface area contributed by atoms with Crippen LogP contribution in [0.1, 0.15) is 15.5 Å². The number of nitrogens with zero attached hydrogens (tertiary/aromatic N) is 4. The summed E-state index contributed by atoms with van der Waals surface area (Å²) in [5.74, 6) is -0.329. The van der Waals surface area contributed by atoms with Gasteiger partial charge in [0, 0.05) is 23.5 Å². The van der Waals surface area contributed by atoms with E-state index in [0.717, 1.165) is 16.5 Å². The van der Waals surface area contributed by atoms with Gasteiger partial charge in [-0.2, -0.15) is 0 Å². The minimum atomic E-state index is -0.329. The molecule has 2 aromatic heterocycles. The van der Waals surface area contributed by atoms with Crippen molar-refractivity contribution in [2.45, 2.75) is 6.54 Å². The van der Waals surface area contributed by atoms with E-state index in [9.17, 15) is 4.79 Å². The van der Waals surface area contributed by atoms with Crippen molar-refractivity contribution < 1.29 is 4.79 Å². The van der Waals surface area contributed by atoms with Crippen LogP contribution < -0.4 is 11.1 Å². The van der Waals surface area contributed by atoms with Crippen molar-refractivity contribution in [3.05, 3.63) is 16.1 Å². The van der Waals surface area contributed by atoms with Gasteiger partial charge in [-0.05, 0) is 5.21 Å². The monoisotopic (exact) mass is 242 g/mol. The van der Waals surface area contributed by atoms with Crippen LogP contribution in [0, 0.1) is 0 Å². The third kappa shape index (κ3) is 2.32. The standard InChI is InChI=1S/C6H6N6OS2/c7-1-4-8-3(2-14-4)5(13)9-6-10-11-12-15-6/h2H,1,7H2,(H,9,10,12,13). The molecule has 0 spiro atoms. The summed E-state index contributed by atoms with van der Waals surface area (Å²) >= 11 is 2.35. The zero-order valence-electron chi connectivity index (χ0n) is 7.38. The van der Waals surface area contributed by atoms with Crippen molar-refractivity contribution in [3.8, 4) is 0 Å². The Hall–Kier alpha value is -1.45. The Balaban J connectivity index is 2.08. The van der Waals surface area contributed by atoms with Gasteiger partial charge in [0.15, 0.2) is 0 Å². The molecule has 0 bridgehead atoms. The quantitative estimate of drug-likeness (QED) is 0.790. The number of carbonyl (C=O) groups is 1. The molecular weight excluding hydrogens is 236 g/mol. The van der Waals surface area contributed by atoms with Crippen LogP contribution in [0.15, 0.2) is 5.38 Å². The molecule has 7 nitrogen and oxygen atoms in total. The van der Waals surface area contributed by atoms with Crippen LogP contribution in [0.3, 0.4) is 0 Å². The highest BCUT2D eigenvalue weighted by Crippen LogP contribution is 2.11. The number of thiazole rings is 1. The summed E-state index contributed by atoms with van der Waals surface area (Å²) in [6.45, 7) is 0.332. The molecule has 2 heterocycles. The predicted octanol–water partition coefficient (Wildman–Crippen LogP) is 0.101. The molecule has 1 amide bonds. The molecule has 3 N–H and O–H groups in total. The number of carbonyl (C=O) groups excluding carboxylic acids is 1. The van der Waals surface area contributed by atoms with E-state index < -0.39 is 0 Å². The van der Waals surface area contributed by atoms with Gasteiger partial charge in [-0.1, -0.05) is 9.59 Å². The average Bonchev–Trinajstić information content (AvgIpc) is 2.86. The van der Waals surface area contributed by atoms with Crippen molar-refractivity contribution in [1.29, 1.82) is 0 Å². The van der Waals surface area contributed by atoms with Gasteiger partial charge < -0.3 is 5.73 Å². The highest BCUT2D eigenvalue weighted by molar-refractivity contribution is 7.10. The zero-order chi connectivity index (χ0) is 10.7. The summed E-state index contributed by atoms with van der Waals surface area (Å²) < 4.78 is 3.52. The minimum absolute atomic E-state index is 0.329. The van der Waals surface area contributed by atoms with Crippen LogP contribution in [0.2, 0.25) is 0 Å². The first kappa shape index (κ1) is 10.1. The van der Waals surface area contributed by atoms with Gasteiger partial charge >= 0.3 is 0 Å². The molecule has 2 rings (SSSR count). The normalized spacial score (nSPS) is 10.2. The van der Waals surface area contributed by atoms with Crippen molar-refractivity contribution in [3.63, 3.8) is 0 Å². The summed E-state index contributed by atoms with van der Waals surface area (Å²) in [5.41, 5.74) is 5.71. The zero-order valence-corrected chi connectivity index (χ0v) is 9.01. The summed E-state index contributed by atoms with van der Waals surface area (Å²) in [6, 6.07) is 0. The van der Waals surface area contributed by atoms with Crippen LogP contribution >= 0.6 is 22.9 Å². The SMILES string of the molecule is NCc1nc(C(=O)Nc2nnns2)cs1. The van der Waals surface area contributed by atoms with E-state index in [4.69, 9.17) is 5.73 Å². The first-order valence-electron chi connectivity index (χ1n) is 3.90. The molecule has 2 aromatic rings. The first-order valence-corrected chi connectivity index (χ1v) is 5.55. The lowest BCUT2D eigenvalue weighted by Gasteiger charge is -1.94. The highest BCUT2D eigenvalue weighted by Gasteiger charge is 2.11. The van der Waals surface area contributed by atoms with Gasteiger partial charge in [0.2, 0.25) is 5.13 Å². The van der Waals surface area contributed by atoms with Crippen molar-refractivity contribution in [2.75, 3.05) is 5.32 Å². The van der Waals surface area contributed by atoms with E-state index in [1.807, 2.05) is 0 Å². The van der Waals surface area contributed by atoms with E-state index in [2.05, 4.69) is 25.1 Å². The summed E-state index contributed by atoms with van der Waals surface area (Å²) in [6.07, 6.45) is 0. The topological polar surface area (TPSA) is 107 Å². The van der Waals surface area contributed by atoms with Gasteiger partial charge in [-0.15, -0.1) is 11.3 Å². The number of anilines is 1. The molecule has 0 saturated carbocycles. The number of hydrogen-bond donors (Lipinski definition) is 2. The second-order valence-corrected chi connectivity index (χ2v) is 4.13. The molecule has 0 aliphatic heterocycles. The molecule has 9 heteroatoms. The molecule has 0 aliphatic rings. The Bertz CT molecular complexity index is 452. The van der Waals surface area contributed by atoms with Gasteiger partial charge in [0.25, 0.3) is 5.91 Å². The maximum atomic E-state index is 11.5. The van der Waals surface area contributed by atoms with E-state index >= 15 is 0 Å². The Morgan fingerprint density at radius 3 is 3.07 bits per heavy atom. The summed E-state index contributed by atoms with van der Waals surface area (Å²) in [5, 5.41) is 12.2. The van der Waals surface area contributed by atoms with E-state index in [1.165, 1.54) is 11.3 Å². The van der Waals surface area contributed by atoms with Crippen LogP contribution in [-0.4, -0.2) is 25.7 Å². The Labute approximate surface area is 92.5 Å². The van der Waals surface area contributed by atoms with Crippen molar-refractivity contribution in [2.24, 2.45) is 5.73 Å². The second-order valence-electron chi connectivity index (χ2n) is 2.45. The predicted molar refractivity (Wildman–Crippen MR) is 55.7 cm³/mol. The van der Waals surface area contributed by atoms with E-state index in [-0.39, 0.29) is 5.91 Å². The Morgan fingerprint density at radius 1 is 1.60 bits per heavy atom. The number of nitrogens with one attached hydrogen (secondary N) is 1. The summed E-state index contributed by atoms with van der Waals surface area (Å²) in [7, 11) is 0. The average molecular weight is 242 g/mol. The number of amides is 1. The van der Waals surface area contributed by atoms with Crippen LogP contribution in [0.25, 0.3) is 0 Å². The molecule has 0 radical (unpaired) electrons. The summed E-state index contributed by atoms with van der Waals surface area (Å²) in [4.78, 5) is 15.6. The molecule has 0 fully saturated rings. The fraction of sp³-hybridized carbons (Fsp3) is 0.167. The van der Waals surface area contributed by atoms with Crippen molar-refractivity contribution >= 4 is 33.9 Å². The Morgan fingerprint density at radius 2 is 2.47 bits per heavy atom. The second kappa shape index (κ2) is 4.38. The lowest BCUT2D eigenvalue weighted by molar-refractivity contribution is 0.102. The van der Waals surface area contributed by atoms with Crippen LogP contribution in [0.4, 0.5) is 5.13 Å². The number of nitrogens with two attached hydrogens (primary N) is 1. The lowest BCUT2D eigenvalue weighted by atomic mass is 10.4. The largest absolute Gasteiger partial charge is 0.325 e. The molecule has 0 aromatic carbocycles.